The van der Waals surface area contributed by atoms with Crippen molar-refractivity contribution in [3.63, 3.8) is 0 Å². The lowest BCUT2D eigenvalue weighted by Gasteiger charge is -2.33. The highest BCUT2D eigenvalue weighted by molar-refractivity contribution is 5.81. The number of ketones is 1. The lowest BCUT2D eigenvalue weighted by atomic mass is 9.90. The zero-order chi connectivity index (χ0) is 24.0. The first-order chi connectivity index (χ1) is 17.2. The van der Waals surface area contributed by atoms with Gasteiger partial charge in [-0.25, -0.2) is 4.98 Å². The first-order valence-electron chi connectivity index (χ1n) is 12.4. The molecule has 3 heterocycles. The van der Waals surface area contributed by atoms with Gasteiger partial charge in [0.2, 0.25) is 0 Å². The van der Waals surface area contributed by atoms with Crippen molar-refractivity contribution in [3.8, 4) is 17.0 Å². The molecule has 1 atom stereocenters. The summed E-state index contributed by atoms with van der Waals surface area (Å²) in [5.74, 6) is 2.32. The molecule has 2 aliphatic rings. The highest BCUT2D eigenvalue weighted by Gasteiger charge is 2.26. The number of piperidine rings is 1. The molecule has 0 N–H and O–H groups in total. The van der Waals surface area contributed by atoms with Gasteiger partial charge in [0.25, 0.3) is 0 Å². The van der Waals surface area contributed by atoms with Crippen LogP contribution in [0, 0.1) is 5.92 Å². The molecule has 5 rings (SSSR count). The van der Waals surface area contributed by atoms with Gasteiger partial charge in [0.15, 0.2) is 0 Å². The molecule has 1 fully saturated rings. The summed E-state index contributed by atoms with van der Waals surface area (Å²) >= 11 is 0. The third-order valence-electron chi connectivity index (χ3n) is 7.10. The standard InChI is InChI=1S/C29H32N4O2/c1-35-26-11-9-24(10-12-26)32-18-15-22(16-19-32)28(34)13-14-29-31-21-27(23-6-5-17-30-20-23)33(29)25-7-3-2-4-8-25/h2-7,9-12,17,20-22,25H,8,13-16,18-19H2,1H3. The SMILES string of the molecule is COc1ccc(N2CCC(C(=O)CCc3ncc(-c4cccnc4)n3C3C=CC=CC3)CC2)cc1. The fourth-order valence-corrected chi connectivity index (χ4v) is 5.13. The van der Waals surface area contributed by atoms with E-state index >= 15 is 0 Å². The van der Waals surface area contributed by atoms with Gasteiger partial charge in [-0.3, -0.25) is 9.78 Å². The number of anilines is 1. The molecule has 35 heavy (non-hydrogen) atoms. The number of rotatable bonds is 8. The van der Waals surface area contributed by atoms with Crippen molar-refractivity contribution < 1.29 is 9.53 Å². The highest BCUT2D eigenvalue weighted by atomic mass is 16.5. The predicted octanol–water partition coefficient (Wildman–Crippen LogP) is 5.43. The average Bonchev–Trinajstić information content (AvgIpc) is 3.37. The summed E-state index contributed by atoms with van der Waals surface area (Å²) < 4.78 is 7.55. The Morgan fingerprint density at radius 3 is 2.60 bits per heavy atom. The van der Waals surface area contributed by atoms with Crippen molar-refractivity contribution in [1.29, 1.82) is 0 Å². The van der Waals surface area contributed by atoms with Crippen LogP contribution in [0.25, 0.3) is 11.3 Å². The molecule has 0 radical (unpaired) electrons. The van der Waals surface area contributed by atoms with E-state index in [1.165, 1.54) is 5.69 Å². The fourth-order valence-electron chi connectivity index (χ4n) is 5.13. The van der Waals surface area contributed by atoms with Crippen LogP contribution in [-0.4, -0.2) is 40.5 Å². The van der Waals surface area contributed by atoms with E-state index in [1.54, 1.807) is 13.3 Å². The van der Waals surface area contributed by atoms with Crippen molar-refractivity contribution >= 4 is 11.5 Å². The molecule has 1 aliphatic carbocycles. The van der Waals surface area contributed by atoms with Gasteiger partial charge in [-0.2, -0.15) is 0 Å². The summed E-state index contributed by atoms with van der Waals surface area (Å²) in [4.78, 5) is 24.6. The summed E-state index contributed by atoms with van der Waals surface area (Å²) in [6.45, 7) is 1.81. The second-order valence-electron chi connectivity index (χ2n) is 9.21. The van der Waals surface area contributed by atoms with Crippen LogP contribution in [0.15, 0.2) is 79.3 Å². The van der Waals surface area contributed by atoms with Crippen molar-refractivity contribution in [2.45, 2.75) is 38.1 Å². The molecule has 1 saturated heterocycles. The van der Waals surface area contributed by atoms with Gasteiger partial charge >= 0.3 is 0 Å². The molecule has 0 spiro atoms. The summed E-state index contributed by atoms with van der Waals surface area (Å²) in [7, 11) is 1.68. The maximum Gasteiger partial charge on any atom is 0.136 e. The van der Waals surface area contributed by atoms with E-state index in [1.807, 2.05) is 30.6 Å². The minimum absolute atomic E-state index is 0.128. The highest BCUT2D eigenvalue weighted by Crippen LogP contribution is 2.30. The Labute approximate surface area is 207 Å². The number of aromatic nitrogens is 3. The first-order valence-corrected chi connectivity index (χ1v) is 12.4. The number of allylic oxidation sites excluding steroid dienone is 4. The molecule has 6 heteroatoms. The topological polar surface area (TPSA) is 60.2 Å². The van der Waals surface area contributed by atoms with E-state index in [4.69, 9.17) is 9.72 Å². The van der Waals surface area contributed by atoms with Crippen LogP contribution in [0.2, 0.25) is 0 Å². The van der Waals surface area contributed by atoms with E-state index < -0.39 is 0 Å². The molecule has 0 amide bonds. The van der Waals surface area contributed by atoms with Gasteiger partial charge in [-0.05, 0) is 55.7 Å². The molecule has 1 unspecified atom stereocenters. The van der Waals surface area contributed by atoms with Crippen LogP contribution >= 0.6 is 0 Å². The second kappa shape index (κ2) is 10.7. The van der Waals surface area contributed by atoms with Gasteiger partial charge in [0.1, 0.15) is 17.4 Å². The number of carbonyl (C=O) groups is 1. The minimum Gasteiger partial charge on any atom is -0.497 e. The Morgan fingerprint density at radius 1 is 1.09 bits per heavy atom. The van der Waals surface area contributed by atoms with Crippen molar-refractivity contribution in [1.82, 2.24) is 14.5 Å². The molecule has 2 aromatic heterocycles. The predicted molar refractivity (Wildman–Crippen MR) is 139 cm³/mol. The number of methoxy groups -OCH3 is 1. The van der Waals surface area contributed by atoms with Crippen molar-refractivity contribution in [2.24, 2.45) is 5.92 Å². The molecular weight excluding hydrogens is 436 g/mol. The number of pyridine rings is 1. The monoisotopic (exact) mass is 468 g/mol. The van der Waals surface area contributed by atoms with Gasteiger partial charge in [-0.15, -0.1) is 0 Å². The zero-order valence-electron chi connectivity index (χ0n) is 20.2. The number of ether oxygens (including phenoxy) is 1. The normalized spacial score (nSPS) is 18.1. The molecule has 0 bridgehead atoms. The fraction of sp³-hybridized carbons (Fsp3) is 0.345. The van der Waals surface area contributed by atoms with Gasteiger partial charge in [-0.1, -0.05) is 24.3 Å². The number of aryl methyl sites for hydroxylation is 1. The number of benzene rings is 1. The summed E-state index contributed by atoms with van der Waals surface area (Å²) in [5, 5.41) is 0. The van der Waals surface area contributed by atoms with Crippen molar-refractivity contribution in [2.75, 3.05) is 25.1 Å². The third-order valence-corrected chi connectivity index (χ3v) is 7.10. The molecule has 180 valence electrons. The Kier molecular flexibility index (Phi) is 7.07. The number of hydrogen-bond donors (Lipinski definition) is 0. The lowest BCUT2D eigenvalue weighted by Crippen LogP contribution is -2.36. The molecule has 6 nitrogen and oxygen atoms in total. The number of hydrogen-bond acceptors (Lipinski definition) is 5. The number of imidazole rings is 1. The Hall–Kier alpha value is -3.67. The van der Waals surface area contributed by atoms with Crippen LogP contribution in [0.3, 0.4) is 0 Å². The molecule has 1 aromatic carbocycles. The Morgan fingerprint density at radius 2 is 1.91 bits per heavy atom. The zero-order valence-corrected chi connectivity index (χ0v) is 20.2. The van der Waals surface area contributed by atoms with Gasteiger partial charge < -0.3 is 14.2 Å². The lowest BCUT2D eigenvalue weighted by molar-refractivity contribution is -0.123. The molecule has 0 saturated carbocycles. The van der Waals surface area contributed by atoms with Gasteiger partial charge in [0.05, 0.1) is 25.0 Å². The van der Waals surface area contributed by atoms with Crippen LogP contribution in [0.5, 0.6) is 5.75 Å². The number of nitrogens with zero attached hydrogens (tertiary/aromatic N) is 4. The number of Topliss-reactive ketones (excluding diaryl/α,β-unsaturated/α-hetero) is 1. The van der Waals surface area contributed by atoms with E-state index in [0.29, 0.717) is 18.6 Å². The van der Waals surface area contributed by atoms with E-state index in [9.17, 15) is 4.79 Å². The Bertz CT molecular complexity index is 1190. The summed E-state index contributed by atoms with van der Waals surface area (Å²) in [6, 6.07) is 12.4. The van der Waals surface area contributed by atoms with Crippen LogP contribution in [-0.2, 0) is 11.2 Å². The minimum atomic E-state index is 0.128. The smallest absolute Gasteiger partial charge is 0.136 e. The molecular formula is C29H32N4O2. The van der Waals surface area contributed by atoms with E-state index in [0.717, 1.165) is 55.2 Å². The third kappa shape index (κ3) is 5.21. The summed E-state index contributed by atoms with van der Waals surface area (Å²) in [5.41, 5.74) is 3.29. The second-order valence-corrected chi connectivity index (χ2v) is 9.21. The molecule has 1 aliphatic heterocycles. The quantitative estimate of drug-likeness (QED) is 0.441. The largest absolute Gasteiger partial charge is 0.497 e. The van der Waals surface area contributed by atoms with Crippen molar-refractivity contribution in [3.05, 3.63) is 85.1 Å². The average molecular weight is 469 g/mol. The maximum atomic E-state index is 13.2. The number of carbonyl (C=O) groups excluding carboxylic acids is 1. The van der Waals surface area contributed by atoms with Crippen LogP contribution in [0.4, 0.5) is 5.69 Å². The van der Waals surface area contributed by atoms with E-state index in [-0.39, 0.29) is 12.0 Å². The first kappa shape index (κ1) is 23.1. The van der Waals surface area contributed by atoms with Crippen LogP contribution < -0.4 is 9.64 Å². The van der Waals surface area contributed by atoms with Crippen LogP contribution in [0.1, 0.15) is 37.5 Å². The maximum absolute atomic E-state index is 13.2. The Balaban J connectivity index is 1.23. The van der Waals surface area contributed by atoms with Gasteiger partial charge in [0, 0.05) is 55.5 Å². The molecule has 3 aromatic rings. The van der Waals surface area contributed by atoms with E-state index in [2.05, 4.69) is 57.0 Å². The summed E-state index contributed by atoms with van der Waals surface area (Å²) in [6.07, 6.45) is 18.1.